The van der Waals surface area contributed by atoms with E-state index in [1.165, 1.54) is 23.3 Å². The van der Waals surface area contributed by atoms with Gasteiger partial charge in [-0.3, -0.25) is 0 Å². The van der Waals surface area contributed by atoms with Gasteiger partial charge < -0.3 is 10.6 Å². The Morgan fingerprint density at radius 2 is 1.63 bits per heavy atom. The van der Waals surface area contributed by atoms with E-state index < -0.39 is 0 Å². The Morgan fingerprint density at radius 1 is 1.00 bits per heavy atom. The van der Waals surface area contributed by atoms with Crippen LogP contribution in [0.1, 0.15) is 11.1 Å². The molecule has 0 aliphatic carbocycles. The van der Waals surface area contributed by atoms with Gasteiger partial charge in [-0.1, -0.05) is 29.8 Å². The quantitative estimate of drug-likeness (QED) is 0.893. The summed E-state index contributed by atoms with van der Waals surface area (Å²) in [5.74, 6) is -0.216. The first-order chi connectivity index (χ1) is 9.19. The van der Waals surface area contributed by atoms with Gasteiger partial charge in [-0.2, -0.15) is 0 Å². The molecule has 0 atom stereocenters. The number of anilines is 1. The number of rotatable bonds is 5. The van der Waals surface area contributed by atoms with Gasteiger partial charge in [0.2, 0.25) is 0 Å². The molecule has 100 valence electrons. The van der Waals surface area contributed by atoms with E-state index in [1.54, 1.807) is 12.1 Å². The monoisotopic (exact) mass is 258 g/mol. The number of benzene rings is 2. The predicted molar refractivity (Wildman–Crippen MR) is 77.7 cm³/mol. The summed E-state index contributed by atoms with van der Waals surface area (Å²) in [5.41, 5.74) is 9.12. The van der Waals surface area contributed by atoms with Crippen LogP contribution in [-0.4, -0.2) is 13.1 Å². The standard InChI is InChI=1S/C16H19FN2/c1-13-2-4-14(5-3-13)12-19(11-10-18)16-8-6-15(17)7-9-16/h2-9H,10-12,18H2,1H3. The summed E-state index contributed by atoms with van der Waals surface area (Å²) < 4.78 is 13.0. The number of aryl methyl sites for hydroxylation is 1. The van der Waals surface area contributed by atoms with Gasteiger partial charge in [0.1, 0.15) is 5.82 Å². The lowest BCUT2D eigenvalue weighted by Crippen LogP contribution is -2.28. The molecule has 19 heavy (non-hydrogen) atoms. The zero-order chi connectivity index (χ0) is 13.7. The zero-order valence-electron chi connectivity index (χ0n) is 11.1. The predicted octanol–water partition coefficient (Wildman–Crippen LogP) is 3.10. The van der Waals surface area contributed by atoms with E-state index in [0.717, 1.165) is 18.8 Å². The van der Waals surface area contributed by atoms with E-state index in [2.05, 4.69) is 36.1 Å². The molecular formula is C16H19FN2. The first-order valence-electron chi connectivity index (χ1n) is 6.45. The van der Waals surface area contributed by atoms with Crippen molar-refractivity contribution in [3.8, 4) is 0 Å². The van der Waals surface area contributed by atoms with Crippen LogP contribution in [-0.2, 0) is 6.54 Å². The van der Waals surface area contributed by atoms with Gasteiger partial charge in [-0.15, -0.1) is 0 Å². The molecule has 0 bridgehead atoms. The third kappa shape index (κ3) is 3.80. The van der Waals surface area contributed by atoms with E-state index in [4.69, 9.17) is 5.73 Å². The van der Waals surface area contributed by atoms with Gasteiger partial charge in [0.15, 0.2) is 0 Å². The topological polar surface area (TPSA) is 29.3 Å². The third-order valence-corrected chi connectivity index (χ3v) is 3.08. The number of halogens is 1. The van der Waals surface area contributed by atoms with Crippen LogP contribution in [0.3, 0.4) is 0 Å². The SMILES string of the molecule is Cc1ccc(CN(CCN)c2ccc(F)cc2)cc1. The number of nitrogens with zero attached hydrogens (tertiary/aromatic N) is 1. The summed E-state index contributed by atoms with van der Waals surface area (Å²) >= 11 is 0. The van der Waals surface area contributed by atoms with Crippen LogP contribution in [0.25, 0.3) is 0 Å². The molecule has 2 N–H and O–H groups in total. The molecule has 0 saturated heterocycles. The molecule has 2 aromatic rings. The lowest BCUT2D eigenvalue weighted by atomic mass is 10.1. The maximum absolute atomic E-state index is 13.0. The van der Waals surface area contributed by atoms with Crippen molar-refractivity contribution in [2.24, 2.45) is 5.73 Å². The highest BCUT2D eigenvalue weighted by atomic mass is 19.1. The van der Waals surface area contributed by atoms with Gasteiger partial charge >= 0.3 is 0 Å². The summed E-state index contributed by atoms with van der Waals surface area (Å²) in [7, 11) is 0. The Hall–Kier alpha value is -1.87. The molecule has 3 heteroatoms. The molecule has 0 radical (unpaired) electrons. The fraction of sp³-hybridized carbons (Fsp3) is 0.250. The molecule has 2 nitrogen and oxygen atoms in total. The van der Waals surface area contributed by atoms with Crippen LogP contribution in [0.5, 0.6) is 0 Å². The Kier molecular flexibility index (Phi) is 4.53. The summed E-state index contributed by atoms with van der Waals surface area (Å²) in [6.45, 7) is 4.17. The van der Waals surface area contributed by atoms with Crippen molar-refractivity contribution in [1.29, 1.82) is 0 Å². The molecule has 0 heterocycles. The number of hydrogen-bond acceptors (Lipinski definition) is 2. The zero-order valence-corrected chi connectivity index (χ0v) is 11.1. The molecule has 0 aromatic heterocycles. The minimum atomic E-state index is -0.216. The van der Waals surface area contributed by atoms with Crippen molar-refractivity contribution in [1.82, 2.24) is 0 Å². The van der Waals surface area contributed by atoms with E-state index in [1.807, 2.05) is 0 Å². The van der Waals surface area contributed by atoms with E-state index in [9.17, 15) is 4.39 Å². The minimum Gasteiger partial charge on any atom is -0.366 e. The molecular weight excluding hydrogens is 239 g/mol. The van der Waals surface area contributed by atoms with Crippen molar-refractivity contribution in [2.75, 3.05) is 18.0 Å². The van der Waals surface area contributed by atoms with Crippen molar-refractivity contribution in [3.63, 3.8) is 0 Å². The van der Waals surface area contributed by atoms with Crippen LogP contribution < -0.4 is 10.6 Å². The smallest absolute Gasteiger partial charge is 0.123 e. The largest absolute Gasteiger partial charge is 0.366 e. The van der Waals surface area contributed by atoms with Crippen LogP contribution in [0.2, 0.25) is 0 Å². The van der Waals surface area contributed by atoms with Gasteiger partial charge in [0, 0.05) is 25.3 Å². The fourth-order valence-corrected chi connectivity index (χ4v) is 2.02. The molecule has 0 aliphatic rings. The lowest BCUT2D eigenvalue weighted by Gasteiger charge is -2.24. The van der Waals surface area contributed by atoms with E-state index in [-0.39, 0.29) is 5.82 Å². The molecule has 0 amide bonds. The first kappa shape index (κ1) is 13.6. The molecule has 0 aliphatic heterocycles. The highest BCUT2D eigenvalue weighted by Gasteiger charge is 2.06. The fourth-order valence-electron chi connectivity index (χ4n) is 2.02. The second-order valence-electron chi connectivity index (χ2n) is 4.67. The average molecular weight is 258 g/mol. The highest BCUT2D eigenvalue weighted by molar-refractivity contribution is 5.47. The second kappa shape index (κ2) is 6.34. The summed E-state index contributed by atoms with van der Waals surface area (Å²) in [5, 5.41) is 0. The van der Waals surface area contributed by atoms with Crippen LogP contribution in [0.15, 0.2) is 48.5 Å². The molecule has 0 unspecified atom stereocenters. The van der Waals surface area contributed by atoms with E-state index in [0.29, 0.717) is 6.54 Å². The van der Waals surface area contributed by atoms with Crippen LogP contribution in [0, 0.1) is 12.7 Å². The second-order valence-corrected chi connectivity index (χ2v) is 4.67. The summed E-state index contributed by atoms with van der Waals surface area (Å²) in [6.07, 6.45) is 0. The Bertz CT molecular complexity index is 505. The molecule has 2 aromatic carbocycles. The average Bonchev–Trinajstić information content (AvgIpc) is 2.42. The molecule has 0 fully saturated rings. The summed E-state index contributed by atoms with van der Waals surface area (Å²) in [4.78, 5) is 2.16. The number of nitrogens with two attached hydrogens (primary N) is 1. The van der Waals surface area contributed by atoms with Crippen LogP contribution >= 0.6 is 0 Å². The van der Waals surface area contributed by atoms with Crippen LogP contribution in [0.4, 0.5) is 10.1 Å². The Balaban J connectivity index is 2.15. The molecule has 0 saturated carbocycles. The number of hydrogen-bond donors (Lipinski definition) is 1. The van der Waals surface area contributed by atoms with Gasteiger partial charge in [-0.05, 0) is 36.8 Å². The third-order valence-electron chi connectivity index (χ3n) is 3.08. The van der Waals surface area contributed by atoms with Gasteiger partial charge in [0.05, 0.1) is 0 Å². The van der Waals surface area contributed by atoms with Crippen molar-refractivity contribution >= 4 is 5.69 Å². The normalized spacial score (nSPS) is 10.5. The van der Waals surface area contributed by atoms with Crippen molar-refractivity contribution in [2.45, 2.75) is 13.5 Å². The summed E-state index contributed by atoms with van der Waals surface area (Å²) in [6, 6.07) is 15.0. The van der Waals surface area contributed by atoms with Crippen molar-refractivity contribution in [3.05, 3.63) is 65.5 Å². The first-order valence-corrected chi connectivity index (χ1v) is 6.45. The Labute approximate surface area is 113 Å². The van der Waals surface area contributed by atoms with Gasteiger partial charge in [0.25, 0.3) is 0 Å². The van der Waals surface area contributed by atoms with Crippen molar-refractivity contribution < 1.29 is 4.39 Å². The maximum atomic E-state index is 13.0. The minimum absolute atomic E-state index is 0.216. The Morgan fingerprint density at radius 3 is 2.21 bits per heavy atom. The molecule has 0 spiro atoms. The highest BCUT2D eigenvalue weighted by Crippen LogP contribution is 2.17. The maximum Gasteiger partial charge on any atom is 0.123 e. The molecule has 2 rings (SSSR count). The van der Waals surface area contributed by atoms with Gasteiger partial charge in [-0.25, -0.2) is 4.39 Å². The van der Waals surface area contributed by atoms with E-state index >= 15 is 0 Å². The lowest BCUT2D eigenvalue weighted by molar-refractivity contribution is 0.627.